The summed E-state index contributed by atoms with van der Waals surface area (Å²) >= 11 is 1.43. The normalized spacial score (nSPS) is 15.0. The first-order chi connectivity index (χ1) is 15.0. The van der Waals surface area contributed by atoms with Crippen molar-refractivity contribution in [3.05, 3.63) is 63.8 Å². The molecule has 1 aliphatic carbocycles. The van der Waals surface area contributed by atoms with Crippen LogP contribution in [-0.2, 0) is 5.41 Å². The third kappa shape index (κ3) is 3.16. The number of pyridine rings is 1. The van der Waals surface area contributed by atoms with Gasteiger partial charge in [-0.3, -0.25) is 4.79 Å². The maximum Gasteiger partial charge on any atom is 0.404 e. The number of hydrogen-bond donors (Lipinski definition) is 3. The molecule has 7 heteroatoms. The number of thiophene rings is 1. The molecule has 158 valence electrons. The molecule has 31 heavy (non-hydrogen) atoms. The van der Waals surface area contributed by atoms with E-state index in [1.807, 2.05) is 23.6 Å². The molecule has 6 nitrogen and oxygen atoms in total. The number of aromatic amines is 1. The first-order valence-electron chi connectivity index (χ1n) is 10.2. The van der Waals surface area contributed by atoms with Gasteiger partial charge in [-0.25, -0.2) is 4.79 Å². The molecular formula is C24H22N2O4S. The predicted molar refractivity (Wildman–Crippen MR) is 123 cm³/mol. The number of hydrogen-bond acceptors (Lipinski definition) is 4. The summed E-state index contributed by atoms with van der Waals surface area (Å²) in [7, 11) is 1.65. The highest BCUT2D eigenvalue weighted by molar-refractivity contribution is 7.17. The molecule has 0 unspecified atom stereocenters. The highest BCUT2D eigenvalue weighted by atomic mass is 32.1. The summed E-state index contributed by atoms with van der Waals surface area (Å²) in [4.78, 5) is 26.4. The van der Waals surface area contributed by atoms with Gasteiger partial charge in [0.1, 0.15) is 10.4 Å². The van der Waals surface area contributed by atoms with Crippen LogP contribution in [0.4, 0.5) is 4.79 Å². The van der Waals surface area contributed by atoms with Crippen LogP contribution in [-0.4, -0.2) is 29.8 Å². The fourth-order valence-electron chi connectivity index (χ4n) is 4.69. The zero-order chi connectivity index (χ0) is 21.6. The maximum atomic E-state index is 12.4. The Morgan fingerprint density at radius 2 is 1.97 bits per heavy atom. The molecule has 5 rings (SSSR count). The molecule has 0 saturated heterocycles. The summed E-state index contributed by atoms with van der Waals surface area (Å²) < 4.78 is 6.40. The van der Waals surface area contributed by atoms with Crippen LogP contribution in [0.25, 0.3) is 32.1 Å². The van der Waals surface area contributed by atoms with Crippen LogP contribution in [0, 0.1) is 0 Å². The van der Waals surface area contributed by atoms with Gasteiger partial charge in [-0.05, 0) is 47.5 Å². The van der Waals surface area contributed by atoms with E-state index in [4.69, 9.17) is 9.84 Å². The van der Waals surface area contributed by atoms with Gasteiger partial charge >= 0.3 is 6.09 Å². The molecule has 1 saturated carbocycles. The number of ether oxygens (including phenoxy) is 1. The number of methoxy groups -OCH3 is 1. The first-order valence-corrected chi connectivity index (χ1v) is 11.1. The predicted octanol–water partition coefficient (Wildman–Crippen LogP) is 5.11. The van der Waals surface area contributed by atoms with Gasteiger partial charge in [0.2, 0.25) is 0 Å². The van der Waals surface area contributed by atoms with Gasteiger partial charge in [0.25, 0.3) is 5.56 Å². The number of rotatable bonds is 5. The van der Waals surface area contributed by atoms with Gasteiger partial charge in [-0.1, -0.05) is 30.7 Å². The van der Waals surface area contributed by atoms with Crippen molar-refractivity contribution in [2.24, 2.45) is 0 Å². The Kier molecular flexibility index (Phi) is 4.70. The van der Waals surface area contributed by atoms with E-state index >= 15 is 0 Å². The van der Waals surface area contributed by atoms with Crippen LogP contribution in [0.2, 0.25) is 0 Å². The van der Waals surface area contributed by atoms with Crippen LogP contribution in [0.3, 0.4) is 0 Å². The summed E-state index contributed by atoms with van der Waals surface area (Å²) in [6, 6.07) is 14.1. The Morgan fingerprint density at radius 1 is 1.19 bits per heavy atom. The summed E-state index contributed by atoms with van der Waals surface area (Å²) in [5.41, 5.74) is 3.64. The maximum absolute atomic E-state index is 12.4. The SMILES string of the molecule is COc1ccc2[nH]c(=O)c3sccc3c2c1-c1ccc(C2(CNC(=O)O)CCC2)cc1. The molecule has 0 atom stereocenters. The van der Waals surface area contributed by atoms with E-state index in [1.54, 1.807) is 7.11 Å². The molecule has 4 aromatic rings. The average molecular weight is 435 g/mol. The summed E-state index contributed by atoms with van der Waals surface area (Å²) in [5.74, 6) is 0.741. The number of carbonyl (C=O) groups is 1. The van der Waals surface area contributed by atoms with Crippen molar-refractivity contribution >= 4 is 38.4 Å². The van der Waals surface area contributed by atoms with Crippen molar-refractivity contribution in [2.75, 3.05) is 13.7 Å². The quantitative estimate of drug-likeness (QED) is 0.407. The molecule has 0 bridgehead atoms. The molecule has 2 aromatic heterocycles. The lowest BCUT2D eigenvalue weighted by atomic mass is 9.64. The smallest absolute Gasteiger partial charge is 0.404 e. The van der Waals surface area contributed by atoms with Crippen LogP contribution in [0.1, 0.15) is 24.8 Å². The van der Waals surface area contributed by atoms with E-state index in [9.17, 15) is 9.59 Å². The van der Waals surface area contributed by atoms with Crippen molar-refractivity contribution in [1.82, 2.24) is 10.3 Å². The lowest BCUT2D eigenvalue weighted by Crippen LogP contribution is -2.45. The summed E-state index contributed by atoms with van der Waals surface area (Å²) in [6.07, 6.45) is 2.06. The Labute approximate surface area is 182 Å². The number of aromatic nitrogens is 1. The topological polar surface area (TPSA) is 91.4 Å². The van der Waals surface area contributed by atoms with Crippen molar-refractivity contribution in [2.45, 2.75) is 24.7 Å². The molecule has 0 spiro atoms. The Balaban J connectivity index is 1.65. The average Bonchev–Trinajstić information content (AvgIpc) is 3.23. The molecule has 0 aliphatic heterocycles. The molecule has 2 heterocycles. The van der Waals surface area contributed by atoms with Gasteiger partial charge in [0, 0.05) is 33.8 Å². The van der Waals surface area contributed by atoms with Gasteiger partial charge < -0.3 is 20.1 Å². The van der Waals surface area contributed by atoms with E-state index in [0.29, 0.717) is 11.2 Å². The Hall–Kier alpha value is -3.32. The van der Waals surface area contributed by atoms with Gasteiger partial charge in [-0.2, -0.15) is 0 Å². The van der Waals surface area contributed by atoms with Crippen LogP contribution in [0.5, 0.6) is 5.75 Å². The Morgan fingerprint density at radius 3 is 2.61 bits per heavy atom. The van der Waals surface area contributed by atoms with E-state index in [-0.39, 0.29) is 11.0 Å². The third-order valence-corrected chi connectivity index (χ3v) is 7.36. The van der Waals surface area contributed by atoms with E-state index < -0.39 is 6.09 Å². The monoisotopic (exact) mass is 434 g/mol. The van der Waals surface area contributed by atoms with Crippen LogP contribution < -0.4 is 15.6 Å². The van der Waals surface area contributed by atoms with E-state index in [1.165, 1.54) is 11.3 Å². The fourth-order valence-corrected chi connectivity index (χ4v) is 5.49. The number of benzene rings is 2. The van der Waals surface area contributed by atoms with Gasteiger partial charge in [0.05, 0.1) is 7.11 Å². The molecule has 2 aromatic carbocycles. The van der Waals surface area contributed by atoms with Crippen LogP contribution >= 0.6 is 11.3 Å². The number of amides is 1. The molecule has 1 aliphatic rings. The van der Waals surface area contributed by atoms with Gasteiger partial charge in [-0.15, -0.1) is 11.3 Å². The largest absolute Gasteiger partial charge is 0.496 e. The van der Waals surface area contributed by atoms with E-state index in [0.717, 1.165) is 58.0 Å². The summed E-state index contributed by atoms with van der Waals surface area (Å²) in [6.45, 7) is 0.427. The van der Waals surface area contributed by atoms with E-state index in [2.05, 4.69) is 34.6 Å². The lowest BCUT2D eigenvalue weighted by molar-refractivity contribution is 0.179. The molecular weight excluding hydrogens is 412 g/mol. The minimum absolute atomic E-state index is 0.0816. The molecule has 1 fully saturated rings. The number of fused-ring (bicyclic) bond motifs is 3. The third-order valence-electron chi connectivity index (χ3n) is 6.45. The second-order valence-corrected chi connectivity index (χ2v) is 8.97. The first kappa shape index (κ1) is 19.6. The lowest BCUT2D eigenvalue weighted by Gasteiger charge is -2.42. The highest BCUT2D eigenvalue weighted by Crippen LogP contribution is 2.45. The minimum Gasteiger partial charge on any atom is -0.496 e. The number of carboxylic acid groups (broad SMARTS) is 1. The highest BCUT2D eigenvalue weighted by Gasteiger charge is 2.38. The standard InChI is InChI=1S/C24H22N2O4S/c1-30-18-8-7-17-20(16-9-12-31-21(16)22(27)26-17)19(18)14-3-5-15(6-4-14)24(10-2-11-24)13-25-23(28)29/h3-9,12,25H,2,10-11,13H2,1H3,(H,26,27)(H,28,29). The second-order valence-electron chi connectivity index (χ2n) is 8.05. The zero-order valence-corrected chi connectivity index (χ0v) is 17.8. The Bertz CT molecular complexity index is 1350. The van der Waals surface area contributed by atoms with Gasteiger partial charge in [0.15, 0.2) is 0 Å². The molecule has 1 amide bonds. The molecule has 3 N–H and O–H groups in total. The summed E-state index contributed by atoms with van der Waals surface area (Å²) in [5, 5.41) is 15.4. The molecule has 0 radical (unpaired) electrons. The van der Waals surface area contributed by atoms with Crippen LogP contribution in [0.15, 0.2) is 52.6 Å². The van der Waals surface area contributed by atoms with Crippen molar-refractivity contribution in [1.29, 1.82) is 0 Å². The minimum atomic E-state index is -0.989. The van der Waals surface area contributed by atoms with Crippen molar-refractivity contribution in [3.63, 3.8) is 0 Å². The number of H-pyrrole nitrogens is 1. The van der Waals surface area contributed by atoms with Crippen molar-refractivity contribution < 1.29 is 14.6 Å². The number of nitrogens with one attached hydrogen (secondary N) is 2. The zero-order valence-electron chi connectivity index (χ0n) is 17.0. The van der Waals surface area contributed by atoms with Crippen molar-refractivity contribution in [3.8, 4) is 16.9 Å². The fraction of sp³-hybridized carbons (Fsp3) is 0.250. The second kappa shape index (κ2) is 7.42.